The number of likely N-dealkylation sites (tertiary alicyclic amines) is 1. The SMILES string of the molecule is Cn1cc(C(=O)N2CCC(c3cc(C(F)(F)F)c4c(n3)CCNC4=O)CC2)ccc1=O. The van der Waals surface area contributed by atoms with E-state index in [9.17, 15) is 27.6 Å². The van der Waals surface area contributed by atoms with Crippen LogP contribution in [-0.4, -0.2) is 45.9 Å². The first-order chi connectivity index (χ1) is 14.6. The van der Waals surface area contributed by atoms with Crippen LogP contribution in [-0.2, 0) is 19.6 Å². The molecule has 2 aromatic rings. The molecule has 4 rings (SSSR count). The van der Waals surface area contributed by atoms with Crippen LogP contribution in [0.3, 0.4) is 0 Å². The van der Waals surface area contributed by atoms with Crippen LogP contribution < -0.4 is 10.9 Å². The molecule has 0 bridgehead atoms. The van der Waals surface area contributed by atoms with Gasteiger partial charge in [-0.1, -0.05) is 0 Å². The molecule has 0 aliphatic carbocycles. The molecule has 0 spiro atoms. The number of aromatic nitrogens is 2. The number of nitrogens with zero attached hydrogens (tertiary/aromatic N) is 3. The van der Waals surface area contributed by atoms with Gasteiger partial charge in [-0.15, -0.1) is 0 Å². The molecule has 0 radical (unpaired) electrons. The number of aryl methyl sites for hydroxylation is 1. The fourth-order valence-electron chi connectivity index (χ4n) is 4.15. The van der Waals surface area contributed by atoms with Gasteiger partial charge in [-0.05, 0) is 25.0 Å². The van der Waals surface area contributed by atoms with Gasteiger partial charge in [0.1, 0.15) is 0 Å². The van der Waals surface area contributed by atoms with Crippen molar-refractivity contribution >= 4 is 11.8 Å². The van der Waals surface area contributed by atoms with Crippen molar-refractivity contribution in [2.45, 2.75) is 31.4 Å². The number of hydrogen-bond donors (Lipinski definition) is 1. The molecule has 0 unspecified atom stereocenters. The zero-order chi connectivity index (χ0) is 22.3. The van der Waals surface area contributed by atoms with E-state index in [0.29, 0.717) is 37.2 Å². The molecule has 2 aromatic heterocycles. The first-order valence-electron chi connectivity index (χ1n) is 10.0. The van der Waals surface area contributed by atoms with Crippen LogP contribution in [0.1, 0.15) is 56.4 Å². The van der Waals surface area contributed by atoms with E-state index >= 15 is 0 Å². The first kappa shape index (κ1) is 21.1. The molecule has 1 fully saturated rings. The molecule has 1 saturated heterocycles. The fraction of sp³-hybridized carbons (Fsp3) is 0.429. The monoisotopic (exact) mass is 434 g/mol. The number of carbonyl (C=O) groups excluding carboxylic acids is 2. The summed E-state index contributed by atoms with van der Waals surface area (Å²) in [6, 6.07) is 3.78. The fourth-order valence-corrected chi connectivity index (χ4v) is 4.15. The quantitative estimate of drug-likeness (QED) is 0.785. The summed E-state index contributed by atoms with van der Waals surface area (Å²) >= 11 is 0. The predicted molar refractivity (Wildman–Crippen MR) is 105 cm³/mol. The highest BCUT2D eigenvalue weighted by molar-refractivity contribution is 5.98. The maximum absolute atomic E-state index is 13.6. The molecule has 0 saturated carbocycles. The Kier molecular flexibility index (Phi) is 5.32. The molecule has 2 aliphatic heterocycles. The molecule has 4 heterocycles. The number of hydrogen-bond acceptors (Lipinski definition) is 4. The number of carbonyl (C=O) groups is 2. The number of amides is 2. The number of fused-ring (bicyclic) bond motifs is 1. The Bertz CT molecular complexity index is 1100. The lowest BCUT2D eigenvalue weighted by Crippen LogP contribution is -2.39. The van der Waals surface area contributed by atoms with Gasteiger partial charge in [-0.2, -0.15) is 13.2 Å². The zero-order valence-electron chi connectivity index (χ0n) is 16.8. The first-order valence-corrected chi connectivity index (χ1v) is 10.0. The van der Waals surface area contributed by atoms with Crippen molar-refractivity contribution in [1.29, 1.82) is 0 Å². The number of piperidine rings is 1. The number of rotatable bonds is 2. The van der Waals surface area contributed by atoms with Gasteiger partial charge in [0.15, 0.2) is 0 Å². The normalized spacial score (nSPS) is 17.3. The van der Waals surface area contributed by atoms with E-state index in [-0.39, 0.29) is 41.6 Å². The second-order valence-corrected chi connectivity index (χ2v) is 7.85. The molecule has 10 heteroatoms. The largest absolute Gasteiger partial charge is 0.417 e. The predicted octanol–water partition coefficient (Wildman–Crippen LogP) is 2.10. The van der Waals surface area contributed by atoms with Crippen molar-refractivity contribution in [2.75, 3.05) is 19.6 Å². The lowest BCUT2D eigenvalue weighted by Gasteiger charge is -2.32. The molecule has 164 valence electrons. The number of alkyl halides is 3. The Morgan fingerprint density at radius 1 is 1.19 bits per heavy atom. The van der Waals surface area contributed by atoms with E-state index in [0.717, 1.165) is 6.07 Å². The maximum atomic E-state index is 13.6. The smallest absolute Gasteiger partial charge is 0.352 e. The summed E-state index contributed by atoms with van der Waals surface area (Å²) in [6.07, 6.45) is -2.00. The number of nitrogens with one attached hydrogen (secondary N) is 1. The third kappa shape index (κ3) is 4.06. The lowest BCUT2D eigenvalue weighted by molar-refractivity contribution is -0.138. The molecular weight excluding hydrogens is 413 g/mol. The summed E-state index contributed by atoms with van der Waals surface area (Å²) in [7, 11) is 1.56. The van der Waals surface area contributed by atoms with E-state index < -0.39 is 17.6 Å². The molecule has 2 amide bonds. The second-order valence-electron chi connectivity index (χ2n) is 7.85. The van der Waals surface area contributed by atoms with Gasteiger partial charge in [-0.25, -0.2) is 0 Å². The Hall–Kier alpha value is -3.17. The van der Waals surface area contributed by atoms with Crippen molar-refractivity contribution in [3.63, 3.8) is 0 Å². The minimum atomic E-state index is -4.66. The summed E-state index contributed by atoms with van der Waals surface area (Å²) in [5.74, 6) is -1.20. The van der Waals surface area contributed by atoms with E-state index in [2.05, 4.69) is 10.3 Å². The van der Waals surface area contributed by atoms with Crippen molar-refractivity contribution in [1.82, 2.24) is 19.8 Å². The van der Waals surface area contributed by atoms with Crippen molar-refractivity contribution < 1.29 is 22.8 Å². The van der Waals surface area contributed by atoms with Gasteiger partial charge < -0.3 is 14.8 Å². The van der Waals surface area contributed by atoms with Gasteiger partial charge in [0.2, 0.25) is 5.56 Å². The van der Waals surface area contributed by atoms with Crippen LogP contribution in [0.25, 0.3) is 0 Å². The van der Waals surface area contributed by atoms with E-state index in [1.54, 1.807) is 11.9 Å². The van der Waals surface area contributed by atoms with Crippen molar-refractivity contribution in [3.05, 3.63) is 62.8 Å². The van der Waals surface area contributed by atoms with Crippen LogP contribution in [0.15, 0.2) is 29.2 Å². The summed E-state index contributed by atoms with van der Waals surface area (Å²) in [6.45, 7) is 0.992. The van der Waals surface area contributed by atoms with Gasteiger partial charge >= 0.3 is 6.18 Å². The summed E-state index contributed by atoms with van der Waals surface area (Å²) in [4.78, 5) is 42.3. The molecule has 1 N–H and O–H groups in total. The number of pyridine rings is 2. The minimum Gasteiger partial charge on any atom is -0.352 e. The number of halogens is 3. The van der Waals surface area contributed by atoms with Crippen molar-refractivity contribution in [3.8, 4) is 0 Å². The third-order valence-electron chi connectivity index (χ3n) is 5.83. The minimum absolute atomic E-state index is 0.178. The Morgan fingerprint density at radius 3 is 2.55 bits per heavy atom. The van der Waals surface area contributed by atoms with E-state index in [4.69, 9.17) is 0 Å². The summed E-state index contributed by atoms with van der Waals surface area (Å²) in [5, 5.41) is 2.45. The zero-order valence-corrected chi connectivity index (χ0v) is 16.8. The van der Waals surface area contributed by atoms with Gasteiger partial charge in [0.25, 0.3) is 11.8 Å². The van der Waals surface area contributed by atoms with E-state index in [1.165, 1.54) is 22.9 Å². The van der Waals surface area contributed by atoms with Gasteiger partial charge in [0.05, 0.1) is 22.4 Å². The molecular formula is C21H21F3N4O3. The molecule has 0 atom stereocenters. The maximum Gasteiger partial charge on any atom is 0.417 e. The van der Waals surface area contributed by atoms with Crippen molar-refractivity contribution in [2.24, 2.45) is 7.05 Å². The topological polar surface area (TPSA) is 84.3 Å². The second kappa shape index (κ2) is 7.82. The highest BCUT2D eigenvalue weighted by Crippen LogP contribution is 2.37. The van der Waals surface area contributed by atoms with Crippen LogP contribution >= 0.6 is 0 Å². The van der Waals surface area contributed by atoms with Crippen LogP contribution in [0.5, 0.6) is 0 Å². The highest BCUT2D eigenvalue weighted by atomic mass is 19.4. The molecule has 31 heavy (non-hydrogen) atoms. The Balaban J connectivity index is 1.55. The molecule has 7 nitrogen and oxygen atoms in total. The standard InChI is InChI=1S/C21H21F3N4O3/c1-27-11-13(2-3-17(27)29)20(31)28-8-5-12(6-9-28)16-10-14(21(22,23)24)18-15(26-16)4-7-25-19(18)30/h2-3,10-12H,4-9H2,1H3,(H,25,30). The van der Waals surface area contributed by atoms with E-state index in [1.807, 2.05) is 0 Å². The van der Waals surface area contributed by atoms with Crippen LogP contribution in [0.4, 0.5) is 13.2 Å². The lowest BCUT2D eigenvalue weighted by atomic mass is 9.89. The average molecular weight is 434 g/mol. The van der Waals surface area contributed by atoms with Gasteiger partial charge in [0, 0.05) is 57.0 Å². The van der Waals surface area contributed by atoms with Crippen LogP contribution in [0.2, 0.25) is 0 Å². The van der Waals surface area contributed by atoms with Crippen LogP contribution in [0, 0.1) is 0 Å². The summed E-state index contributed by atoms with van der Waals surface area (Å²) < 4.78 is 42.2. The highest BCUT2D eigenvalue weighted by Gasteiger charge is 2.39. The van der Waals surface area contributed by atoms with Gasteiger partial charge in [-0.3, -0.25) is 19.4 Å². The summed E-state index contributed by atoms with van der Waals surface area (Å²) in [5.41, 5.74) is -0.675. The average Bonchev–Trinajstić information content (AvgIpc) is 2.74. The Morgan fingerprint density at radius 2 is 1.90 bits per heavy atom. The Labute approximate surface area is 175 Å². The third-order valence-corrected chi connectivity index (χ3v) is 5.83. The molecule has 0 aromatic carbocycles. The molecule has 2 aliphatic rings.